The Kier molecular flexibility index (Phi) is 2.73. The predicted molar refractivity (Wildman–Crippen MR) is 56.8 cm³/mol. The molecule has 17 heavy (non-hydrogen) atoms. The van der Waals surface area contributed by atoms with Gasteiger partial charge in [0.15, 0.2) is 0 Å². The number of aliphatic carboxylic acids is 1. The van der Waals surface area contributed by atoms with Crippen molar-refractivity contribution in [2.24, 2.45) is 11.3 Å². The number of carbonyl (C=O) groups is 1. The second-order valence-corrected chi connectivity index (χ2v) is 5.83. The van der Waals surface area contributed by atoms with Gasteiger partial charge in [-0.1, -0.05) is 19.8 Å². The van der Waals surface area contributed by atoms with Crippen LogP contribution in [0.1, 0.15) is 45.4 Å². The van der Waals surface area contributed by atoms with E-state index < -0.39 is 35.7 Å². The quantitative estimate of drug-likeness (QED) is 0.789. The first kappa shape index (κ1) is 12.7. The molecule has 3 nitrogen and oxygen atoms in total. The zero-order valence-corrected chi connectivity index (χ0v) is 9.88. The third-order valence-corrected chi connectivity index (χ3v) is 4.39. The van der Waals surface area contributed by atoms with Gasteiger partial charge < -0.3 is 10.2 Å². The monoisotopic (exact) mass is 248 g/mol. The molecule has 2 N–H and O–H groups in total. The van der Waals surface area contributed by atoms with Gasteiger partial charge in [-0.15, -0.1) is 0 Å². The molecule has 2 fully saturated rings. The lowest BCUT2D eigenvalue weighted by molar-refractivity contribution is -0.253. The highest BCUT2D eigenvalue weighted by Crippen LogP contribution is 2.61. The standard InChI is InChI=1S/C12H18F2O3/c1-8-3-2-4-11(17,5-8)10(9(15)16)6-12(13,14)7-10/h8,17H,2-7H2,1H3,(H,15,16). The van der Waals surface area contributed by atoms with Gasteiger partial charge in [0.05, 0.1) is 5.60 Å². The average Bonchev–Trinajstić information content (AvgIpc) is 2.12. The number of hydrogen-bond acceptors (Lipinski definition) is 2. The van der Waals surface area contributed by atoms with Gasteiger partial charge >= 0.3 is 5.97 Å². The molecule has 2 aliphatic rings. The van der Waals surface area contributed by atoms with Crippen LogP contribution in [0.25, 0.3) is 0 Å². The molecule has 2 atom stereocenters. The van der Waals surface area contributed by atoms with Crippen molar-refractivity contribution in [1.29, 1.82) is 0 Å². The van der Waals surface area contributed by atoms with Crippen molar-refractivity contribution in [3.8, 4) is 0 Å². The van der Waals surface area contributed by atoms with E-state index in [1.807, 2.05) is 6.92 Å². The molecule has 0 radical (unpaired) electrons. The van der Waals surface area contributed by atoms with Gasteiger partial charge in [-0.3, -0.25) is 4.79 Å². The molecule has 0 bridgehead atoms. The zero-order valence-electron chi connectivity index (χ0n) is 9.88. The molecule has 2 rings (SSSR count). The maximum atomic E-state index is 13.0. The van der Waals surface area contributed by atoms with Gasteiger partial charge in [0.2, 0.25) is 0 Å². The first-order chi connectivity index (χ1) is 7.71. The zero-order chi connectivity index (χ0) is 12.9. The van der Waals surface area contributed by atoms with E-state index in [2.05, 4.69) is 0 Å². The summed E-state index contributed by atoms with van der Waals surface area (Å²) in [6.07, 6.45) is 0.818. The molecule has 2 unspecified atom stereocenters. The average molecular weight is 248 g/mol. The SMILES string of the molecule is CC1CCCC(O)(C2(C(=O)O)CC(F)(F)C2)C1. The maximum Gasteiger partial charge on any atom is 0.313 e. The van der Waals surface area contributed by atoms with Gasteiger partial charge in [-0.25, -0.2) is 8.78 Å². The van der Waals surface area contributed by atoms with E-state index in [0.29, 0.717) is 19.3 Å². The summed E-state index contributed by atoms with van der Waals surface area (Å²) in [7, 11) is 0. The molecule has 2 aliphatic carbocycles. The van der Waals surface area contributed by atoms with Gasteiger partial charge in [0.25, 0.3) is 5.92 Å². The number of halogens is 2. The first-order valence-electron chi connectivity index (χ1n) is 6.04. The van der Waals surface area contributed by atoms with Gasteiger partial charge in [0, 0.05) is 12.8 Å². The van der Waals surface area contributed by atoms with Gasteiger partial charge in [-0.2, -0.15) is 0 Å². The fourth-order valence-electron chi connectivity index (χ4n) is 3.47. The molecule has 0 aliphatic heterocycles. The van der Waals surface area contributed by atoms with Gasteiger partial charge in [-0.05, 0) is 18.8 Å². The molecular formula is C12H18F2O3. The van der Waals surface area contributed by atoms with Crippen molar-refractivity contribution < 1.29 is 23.8 Å². The van der Waals surface area contributed by atoms with Crippen LogP contribution in [0.2, 0.25) is 0 Å². The molecule has 98 valence electrons. The van der Waals surface area contributed by atoms with Crippen LogP contribution in [0.3, 0.4) is 0 Å². The summed E-state index contributed by atoms with van der Waals surface area (Å²) in [5.41, 5.74) is -3.09. The van der Waals surface area contributed by atoms with E-state index in [0.717, 1.165) is 6.42 Å². The number of hydrogen-bond donors (Lipinski definition) is 2. The van der Waals surface area contributed by atoms with E-state index in [9.17, 15) is 23.8 Å². The Labute approximate surface area is 98.8 Å². The topological polar surface area (TPSA) is 57.5 Å². The number of aliphatic hydroxyl groups is 1. The smallest absolute Gasteiger partial charge is 0.313 e. The fourth-order valence-corrected chi connectivity index (χ4v) is 3.47. The fraction of sp³-hybridized carbons (Fsp3) is 0.917. The summed E-state index contributed by atoms with van der Waals surface area (Å²) in [5.74, 6) is -4.02. The molecule has 0 amide bonds. The largest absolute Gasteiger partial charge is 0.481 e. The van der Waals surface area contributed by atoms with Crippen LogP contribution in [0.15, 0.2) is 0 Å². The minimum Gasteiger partial charge on any atom is -0.481 e. The number of rotatable bonds is 2. The Balaban J connectivity index is 2.25. The minimum atomic E-state index is -2.94. The summed E-state index contributed by atoms with van der Waals surface area (Å²) in [4.78, 5) is 11.3. The first-order valence-corrected chi connectivity index (χ1v) is 6.04. The summed E-state index contributed by atoms with van der Waals surface area (Å²) < 4.78 is 26.1. The highest BCUT2D eigenvalue weighted by Gasteiger charge is 2.70. The van der Waals surface area contributed by atoms with Crippen LogP contribution in [-0.2, 0) is 4.79 Å². The Morgan fingerprint density at radius 3 is 2.35 bits per heavy atom. The van der Waals surface area contributed by atoms with Crippen molar-refractivity contribution >= 4 is 5.97 Å². The Morgan fingerprint density at radius 2 is 1.94 bits per heavy atom. The van der Waals surface area contributed by atoms with Crippen molar-refractivity contribution in [3.63, 3.8) is 0 Å². The van der Waals surface area contributed by atoms with Crippen LogP contribution in [0.5, 0.6) is 0 Å². The lowest BCUT2D eigenvalue weighted by Gasteiger charge is -2.55. The third kappa shape index (κ3) is 1.84. The molecular weight excluding hydrogens is 230 g/mol. The van der Waals surface area contributed by atoms with Crippen molar-refractivity contribution in [2.75, 3.05) is 0 Å². The highest BCUT2D eigenvalue weighted by molar-refractivity contribution is 5.78. The minimum absolute atomic E-state index is 0.194. The number of alkyl halides is 2. The molecule has 0 heterocycles. The normalized spacial score (nSPS) is 39.4. The predicted octanol–water partition coefficient (Wildman–Crippen LogP) is 2.43. The van der Waals surface area contributed by atoms with Crippen molar-refractivity contribution in [2.45, 2.75) is 57.0 Å². The highest BCUT2D eigenvalue weighted by atomic mass is 19.3. The lowest BCUT2D eigenvalue weighted by atomic mass is 9.52. The summed E-state index contributed by atoms with van der Waals surface area (Å²) in [6.45, 7) is 1.93. The second-order valence-electron chi connectivity index (χ2n) is 5.83. The number of carboxylic acids is 1. The molecule has 0 spiro atoms. The summed E-state index contributed by atoms with van der Waals surface area (Å²) >= 11 is 0. The van der Waals surface area contributed by atoms with Crippen LogP contribution in [-0.4, -0.2) is 27.7 Å². The van der Waals surface area contributed by atoms with Crippen LogP contribution in [0.4, 0.5) is 8.78 Å². The van der Waals surface area contributed by atoms with E-state index in [1.165, 1.54) is 0 Å². The van der Waals surface area contributed by atoms with Crippen molar-refractivity contribution in [3.05, 3.63) is 0 Å². The van der Waals surface area contributed by atoms with Crippen LogP contribution >= 0.6 is 0 Å². The summed E-state index contributed by atoms with van der Waals surface area (Å²) in [6, 6.07) is 0. The van der Waals surface area contributed by atoms with Crippen LogP contribution < -0.4 is 0 Å². The molecule has 0 saturated heterocycles. The Bertz CT molecular complexity index is 335. The molecule has 0 aromatic heterocycles. The molecule has 2 saturated carbocycles. The van der Waals surface area contributed by atoms with Crippen LogP contribution in [0, 0.1) is 11.3 Å². The molecule has 0 aromatic rings. The van der Waals surface area contributed by atoms with E-state index >= 15 is 0 Å². The summed E-state index contributed by atoms with van der Waals surface area (Å²) in [5, 5.41) is 19.7. The Morgan fingerprint density at radius 1 is 1.35 bits per heavy atom. The lowest BCUT2D eigenvalue weighted by Crippen LogP contribution is -2.65. The number of carboxylic acid groups (broad SMARTS) is 1. The Hall–Kier alpha value is -0.710. The van der Waals surface area contributed by atoms with E-state index in [4.69, 9.17) is 0 Å². The second kappa shape index (κ2) is 3.64. The van der Waals surface area contributed by atoms with E-state index in [1.54, 1.807) is 0 Å². The maximum absolute atomic E-state index is 13.0. The van der Waals surface area contributed by atoms with E-state index in [-0.39, 0.29) is 5.92 Å². The molecule has 0 aromatic carbocycles. The van der Waals surface area contributed by atoms with Crippen molar-refractivity contribution in [1.82, 2.24) is 0 Å². The molecule has 5 heteroatoms. The third-order valence-electron chi connectivity index (χ3n) is 4.39. The van der Waals surface area contributed by atoms with Gasteiger partial charge in [0.1, 0.15) is 5.41 Å².